The van der Waals surface area contributed by atoms with Crippen LogP contribution in [-0.4, -0.2) is 34.5 Å². The van der Waals surface area contributed by atoms with Crippen LogP contribution in [0.15, 0.2) is 61.2 Å². The fraction of sp³-hybridized carbons (Fsp3) is 0.292. The van der Waals surface area contributed by atoms with Crippen molar-refractivity contribution in [2.45, 2.75) is 25.8 Å². The second-order valence-electron chi connectivity index (χ2n) is 8.48. The fourth-order valence-electron chi connectivity index (χ4n) is 4.65. The highest BCUT2D eigenvalue weighted by Crippen LogP contribution is 2.39. The standard InChI is InChI=1S/C24H25N5O2/c1-16-12-29(22-6-5-17(9-21(16)22)13-27-8-7-26-15-27)24(31)18-10-23(30)28(14-18)20-4-2-3-19(25)11-20/h2-9,11,15-16,18H,10,12-14,25H2,1H3. The highest BCUT2D eigenvalue weighted by Gasteiger charge is 2.40. The number of carbonyl (C=O) groups is 2. The number of benzene rings is 2. The normalized spacial score (nSPS) is 20.4. The number of aromatic nitrogens is 2. The van der Waals surface area contributed by atoms with Gasteiger partial charge in [0.25, 0.3) is 0 Å². The van der Waals surface area contributed by atoms with Gasteiger partial charge in [0.05, 0.1) is 12.2 Å². The topological polar surface area (TPSA) is 84.5 Å². The van der Waals surface area contributed by atoms with Crippen LogP contribution in [0.4, 0.5) is 17.1 Å². The average molecular weight is 415 g/mol. The van der Waals surface area contributed by atoms with Crippen LogP contribution >= 0.6 is 0 Å². The van der Waals surface area contributed by atoms with Crippen molar-refractivity contribution in [3.63, 3.8) is 0 Å². The molecule has 5 rings (SSSR count). The molecular formula is C24H25N5O2. The van der Waals surface area contributed by atoms with Gasteiger partial charge in [-0.2, -0.15) is 0 Å². The molecule has 2 atom stereocenters. The SMILES string of the molecule is CC1CN(C(=O)C2CC(=O)N(c3cccc(N)c3)C2)c2ccc(Cn3ccnc3)cc21. The van der Waals surface area contributed by atoms with Gasteiger partial charge in [0.15, 0.2) is 0 Å². The van der Waals surface area contributed by atoms with E-state index in [1.165, 1.54) is 11.1 Å². The van der Waals surface area contributed by atoms with Crippen LogP contribution in [0.5, 0.6) is 0 Å². The molecule has 2 amide bonds. The molecule has 1 aromatic heterocycles. The number of fused-ring (bicyclic) bond motifs is 1. The van der Waals surface area contributed by atoms with E-state index in [2.05, 4.69) is 24.0 Å². The van der Waals surface area contributed by atoms with Gasteiger partial charge in [-0.25, -0.2) is 4.98 Å². The highest BCUT2D eigenvalue weighted by molar-refractivity contribution is 6.05. The number of amides is 2. The number of imidazole rings is 1. The lowest BCUT2D eigenvalue weighted by Crippen LogP contribution is -2.36. The van der Waals surface area contributed by atoms with Crippen LogP contribution in [0.3, 0.4) is 0 Å². The molecule has 2 aliphatic rings. The van der Waals surface area contributed by atoms with Crippen molar-refractivity contribution in [1.29, 1.82) is 0 Å². The number of anilines is 3. The minimum atomic E-state index is -0.349. The van der Waals surface area contributed by atoms with Crippen molar-refractivity contribution in [3.05, 3.63) is 72.3 Å². The second kappa shape index (κ2) is 7.58. The summed E-state index contributed by atoms with van der Waals surface area (Å²) in [6.07, 6.45) is 5.74. The molecule has 0 saturated carbocycles. The first-order valence-electron chi connectivity index (χ1n) is 10.6. The largest absolute Gasteiger partial charge is 0.399 e. The molecule has 7 heteroatoms. The highest BCUT2D eigenvalue weighted by atomic mass is 16.2. The quantitative estimate of drug-likeness (QED) is 0.664. The molecule has 0 bridgehead atoms. The first kappa shape index (κ1) is 19.4. The Morgan fingerprint density at radius 1 is 1.19 bits per heavy atom. The number of nitrogen functional groups attached to an aromatic ring is 1. The van der Waals surface area contributed by atoms with E-state index >= 15 is 0 Å². The summed E-state index contributed by atoms with van der Waals surface area (Å²) in [5, 5.41) is 0. The van der Waals surface area contributed by atoms with Crippen LogP contribution in [-0.2, 0) is 16.1 Å². The Kier molecular flexibility index (Phi) is 4.73. The third-order valence-electron chi connectivity index (χ3n) is 6.22. The van der Waals surface area contributed by atoms with Crippen LogP contribution in [0, 0.1) is 5.92 Å². The molecule has 158 valence electrons. The molecule has 2 unspecified atom stereocenters. The molecule has 7 nitrogen and oxygen atoms in total. The Morgan fingerprint density at radius 2 is 2.06 bits per heavy atom. The number of nitrogens with zero attached hydrogens (tertiary/aromatic N) is 4. The molecule has 0 aliphatic carbocycles. The lowest BCUT2D eigenvalue weighted by Gasteiger charge is -2.22. The number of rotatable bonds is 4. The van der Waals surface area contributed by atoms with Gasteiger partial charge in [0.2, 0.25) is 11.8 Å². The van der Waals surface area contributed by atoms with Crippen molar-refractivity contribution in [3.8, 4) is 0 Å². The monoisotopic (exact) mass is 415 g/mol. The zero-order valence-corrected chi connectivity index (χ0v) is 17.4. The van der Waals surface area contributed by atoms with Gasteiger partial charge in [-0.15, -0.1) is 0 Å². The van der Waals surface area contributed by atoms with Crippen molar-refractivity contribution in [1.82, 2.24) is 9.55 Å². The maximum atomic E-state index is 13.4. The van der Waals surface area contributed by atoms with E-state index in [-0.39, 0.29) is 30.1 Å². The summed E-state index contributed by atoms with van der Waals surface area (Å²) in [7, 11) is 0. The molecule has 31 heavy (non-hydrogen) atoms. The zero-order chi connectivity index (χ0) is 21.5. The Bertz CT molecular complexity index is 1140. The first-order valence-corrected chi connectivity index (χ1v) is 10.6. The summed E-state index contributed by atoms with van der Waals surface area (Å²) < 4.78 is 2.03. The van der Waals surface area contributed by atoms with E-state index in [0.29, 0.717) is 18.8 Å². The maximum Gasteiger partial charge on any atom is 0.232 e. The molecule has 2 aromatic carbocycles. The molecule has 1 saturated heterocycles. The molecule has 3 heterocycles. The lowest BCUT2D eigenvalue weighted by atomic mass is 10.0. The van der Waals surface area contributed by atoms with Crippen LogP contribution in [0.1, 0.15) is 30.4 Å². The summed E-state index contributed by atoms with van der Waals surface area (Å²) in [5.74, 6) is -0.110. The average Bonchev–Trinajstić information content (AvgIpc) is 3.48. The molecule has 3 aromatic rings. The molecule has 1 fully saturated rings. The summed E-state index contributed by atoms with van der Waals surface area (Å²) in [6.45, 7) is 3.93. The van der Waals surface area contributed by atoms with Crippen LogP contribution in [0.2, 0.25) is 0 Å². The van der Waals surface area contributed by atoms with E-state index in [0.717, 1.165) is 17.9 Å². The Hall–Kier alpha value is -3.61. The fourth-order valence-corrected chi connectivity index (χ4v) is 4.65. The Labute approximate surface area is 181 Å². The van der Waals surface area contributed by atoms with E-state index < -0.39 is 0 Å². The van der Waals surface area contributed by atoms with Gasteiger partial charge in [-0.1, -0.05) is 25.1 Å². The zero-order valence-electron chi connectivity index (χ0n) is 17.4. The minimum Gasteiger partial charge on any atom is -0.399 e. The summed E-state index contributed by atoms with van der Waals surface area (Å²) in [4.78, 5) is 33.7. The number of hydrogen-bond acceptors (Lipinski definition) is 4. The Balaban J connectivity index is 1.35. The van der Waals surface area contributed by atoms with Crippen molar-refractivity contribution in [2.75, 3.05) is 28.6 Å². The first-order chi connectivity index (χ1) is 15.0. The van der Waals surface area contributed by atoms with E-state index in [1.54, 1.807) is 29.6 Å². The predicted molar refractivity (Wildman–Crippen MR) is 120 cm³/mol. The summed E-state index contributed by atoms with van der Waals surface area (Å²) in [5.41, 5.74) is 10.6. The van der Waals surface area contributed by atoms with Gasteiger partial charge in [0.1, 0.15) is 0 Å². The summed E-state index contributed by atoms with van der Waals surface area (Å²) in [6, 6.07) is 13.5. The van der Waals surface area contributed by atoms with Gasteiger partial charge >= 0.3 is 0 Å². The third-order valence-corrected chi connectivity index (χ3v) is 6.22. The van der Waals surface area contributed by atoms with E-state index in [9.17, 15) is 9.59 Å². The minimum absolute atomic E-state index is 0.0210. The maximum absolute atomic E-state index is 13.4. The summed E-state index contributed by atoms with van der Waals surface area (Å²) >= 11 is 0. The second-order valence-corrected chi connectivity index (χ2v) is 8.48. The van der Waals surface area contributed by atoms with Gasteiger partial charge < -0.3 is 20.1 Å². The molecule has 0 radical (unpaired) electrons. The van der Waals surface area contributed by atoms with Crippen LogP contribution < -0.4 is 15.5 Å². The van der Waals surface area contributed by atoms with E-state index in [1.807, 2.05) is 33.9 Å². The van der Waals surface area contributed by atoms with Gasteiger partial charge in [-0.05, 0) is 35.4 Å². The van der Waals surface area contributed by atoms with Gasteiger partial charge in [-0.3, -0.25) is 9.59 Å². The van der Waals surface area contributed by atoms with Crippen molar-refractivity contribution < 1.29 is 9.59 Å². The molecule has 2 N–H and O–H groups in total. The lowest BCUT2D eigenvalue weighted by molar-refractivity contribution is -0.124. The number of nitrogens with two attached hydrogens (primary N) is 1. The van der Waals surface area contributed by atoms with Crippen LogP contribution in [0.25, 0.3) is 0 Å². The Morgan fingerprint density at radius 3 is 2.84 bits per heavy atom. The molecule has 0 spiro atoms. The number of hydrogen-bond donors (Lipinski definition) is 1. The smallest absolute Gasteiger partial charge is 0.232 e. The molecular weight excluding hydrogens is 390 g/mol. The number of carbonyl (C=O) groups excluding carboxylic acids is 2. The predicted octanol–water partition coefficient (Wildman–Crippen LogP) is 3.02. The van der Waals surface area contributed by atoms with Crippen molar-refractivity contribution in [2.24, 2.45) is 5.92 Å². The third kappa shape index (κ3) is 3.56. The molecule has 2 aliphatic heterocycles. The van der Waals surface area contributed by atoms with E-state index in [4.69, 9.17) is 5.73 Å². The van der Waals surface area contributed by atoms with Crippen molar-refractivity contribution >= 4 is 28.9 Å². The van der Waals surface area contributed by atoms with Gasteiger partial charge in [0, 0.05) is 61.4 Å².